The fraction of sp³-hybridized carbons (Fsp3) is 0.524. The predicted octanol–water partition coefficient (Wildman–Crippen LogP) is 4.24. The maximum absolute atomic E-state index is 15.0. The highest BCUT2D eigenvalue weighted by molar-refractivity contribution is 5.99. The van der Waals surface area contributed by atoms with Gasteiger partial charge >= 0.3 is 6.09 Å². The smallest absolute Gasteiger partial charge is 0.408 e. The number of nitriles is 1. The van der Waals surface area contributed by atoms with Gasteiger partial charge in [-0.2, -0.15) is 5.26 Å². The topological polar surface area (TPSA) is 81.2 Å². The van der Waals surface area contributed by atoms with Crippen LogP contribution in [0.5, 0.6) is 0 Å². The van der Waals surface area contributed by atoms with Crippen molar-refractivity contribution >= 4 is 22.7 Å². The quantitative estimate of drug-likeness (QED) is 0.785. The van der Waals surface area contributed by atoms with Gasteiger partial charge in [0.2, 0.25) is 0 Å². The highest BCUT2D eigenvalue weighted by Gasteiger charge is 2.34. The molecule has 156 valence electrons. The van der Waals surface area contributed by atoms with Crippen molar-refractivity contribution < 1.29 is 18.3 Å². The second kappa shape index (κ2) is 7.54. The van der Waals surface area contributed by atoms with Crippen molar-refractivity contribution in [3.05, 3.63) is 28.7 Å². The number of fused-ring (bicyclic) bond motifs is 1. The Bertz CT molecular complexity index is 987. The zero-order valence-corrected chi connectivity index (χ0v) is 17.3. The van der Waals surface area contributed by atoms with Crippen molar-refractivity contribution in [1.82, 2.24) is 10.3 Å². The van der Waals surface area contributed by atoms with Gasteiger partial charge in [-0.05, 0) is 52.7 Å². The van der Waals surface area contributed by atoms with Crippen LogP contribution >= 0.6 is 0 Å². The minimum absolute atomic E-state index is 0.0992. The lowest BCUT2D eigenvalue weighted by molar-refractivity contribution is 0.0466. The number of halogens is 2. The van der Waals surface area contributed by atoms with Crippen LogP contribution in [0.25, 0.3) is 10.9 Å². The van der Waals surface area contributed by atoms with E-state index < -0.39 is 29.7 Å². The Kier molecular flexibility index (Phi) is 5.44. The monoisotopic (exact) mass is 404 g/mol. The van der Waals surface area contributed by atoms with E-state index in [9.17, 15) is 14.4 Å². The number of aromatic amines is 1. The second-order valence-electron chi connectivity index (χ2n) is 8.49. The van der Waals surface area contributed by atoms with Gasteiger partial charge in [0.25, 0.3) is 0 Å². The third kappa shape index (κ3) is 4.14. The number of nitrogens with zero attached hydrogens (tertiary/aromatic N) is 2. The van der Waals surface area contributed by atoms with E-state index >= 15 is 4.39 Å². The molecule has 2 heterocycles. The number of benzene rings is 1. The van der Waals surface area contributed by atoms with Gasteiger partial charge in [-0.25, -0.2) is 13.6 Å². The normalized spacial score (nSPS) is 19.9. The van der Waals surface area contributed by atoms with Crippen molar-refractivity contribution in [2.75, 3.05) is 18.0 Å². The molecule has 0 saturated carbocycles. The highest BCUT2D eigenvalue weighted by atomic mass is 19.1. The molecule has 2 N–H and O–H groups in total. The van der Waals surface area contributed by atoms with Crippen LogP contribution in [0.15, 0.2) is 6.07 Å². The number of piperidine rings is 1. The van der Waals surface area contributed by atoms with Crippen LogP contribution in [0.4, 0.5) is 19.3 Å². The SMILES string of the molecule is Cc1[nH]c2c(C#N)cc(F)c(N3CC[C@H](F)[C@@H](NC(=O)OC(C)(C)C)C3)c2c1C. The number of carbonyl (C=O) groups excluding carboxylic acids is 1. The van der Waals surface area contributed by atoms with Gasteiger partial charge < -0.3 is 19.9 Å². The summed E-state index contributed by atoms with van der Waals surface area (Å²) in [7, 11) is 0. The summed E-state index contributed by atoms with van der Waals surface area (Å²) in [6.45, 7) is 9.30. The number of rotatable bonds is 2. The number of alkyl carbamates (subject to hydrolysis) is 1. The number of hydrogen-bond donors (Lipinski definition) is 2. The van der Waals surface area contributed by atoms with E-state index in [1.54, 1.807) is 25.7 Å². The van der Waals surface area contributed by atoms with Gasteiger partial charge in [0, 0.05) is 24.2 Å². The van der Waals surface area contributed by atoms with Crippen LogP contribution in [0.1, 0.15) is 44.0 Å². The summed E-state index contributed by atoms with van der Waals surface area (Å²) >= 11 is 0. The van der Waals surface area contributed by atoms with E-state index in [1.807, 2.05) is 19.9 Å². The third-order valence-corrected chi connectivity index (χ3v) is 5.17. The summed E-state index contributed by atoms with van der Waals surface area (Å²) in [6.07, 6.45) is -1.82. The molecule has 1 amide bonds. The Morgan fingerprint density at radius 3 is 2.72 bits per heavy atom. The number of H-pyrrole nitrogens is 1. The minimum Gasteiger partial charge on any atom is -0.444 e. The van der Waals surface area contributed by atoms with E-state index in [-0.39, 0.29) is 18.5 Å². The number of ether oxygens (including phenoxy) is 1. The Balaban J connectivity index is 1.95. The van der Waals surface area contributed by atoms with Crippen LogP contribution in [0.2, 0.25) is 0 Å². The molecule has 1 aromatic carbocycles. The fourth-order valence-corrected chi connectivity index (χ4v) is 3.72. The molecule has 2 atom stereocenters. The first kappa shape index (κ1) is 20.9. The van der Waals surface area contributed by atoms with Gasteiger partial charge in [-0.3, -0.25) is 0 Å². The summed E-state index contributed by atoms with van der Waals surface area (Å²) in [4.78, 5) is 17.0. The molecule has 8 heteroatoms. The summed E-state index contributed by atoms with van der Waals surface area (Å²) in [5, 5.41) is 12.6. The zero-order chi connectivity index (χ0) is 21.5. The lowest BCUT2D eigenvalue weighted by Crippen LogP contribution is -2.54. The summed E-state index contributed by atoms with van der Waals surface area (Å²) in [5.74, 6) is -0.538. The molecule has 2 aromatic rings. The molecule has 1 aromatic heterocycles. The average Bonchev–Trinajstić information content (AvgIpc) is 2.90. The van der Waals surface area contributed by atoms with E-state index in [2.05, 4.69) is 10.3 Å². The summed E-state index contributed by atoms with van der Waals surface area (Å²) < 4.78 is 34.8. The van der Waals surface area contributed by atoms with Crippen molar-refractivity contribution in [2.24, 2.45) is 0 Å². The molecule has 0 unspecified atom stereocenters. The van der Waals surface area contributed by atoms with E-state index in [4.69, 9.17) is 4.74 Å². The molecule has 29 heavy (non-hydrogen) atoms. The molecule has 0 bridgehead atoms. The van der Waals surface area contributed by atoms with Crippen LogP contribution in [0.3, 0.4) is 0 Å². The molecule has 1 aliphatic heterocycles. The Morgan fingerprint density at radius 2 is 2.10 bits per heavy atom. The maximum Gasteiger partial charge on any atom is 0.408 e. The van der Waals surface area contributed by atoms with Crippen LogP contribution in [0, 0.1) is 31.0 Å². The molecule has 1 aliphatic rings. The van der Waals surface area contributed by atoms with Gasteiger partial charge in [0.15, 0.2) is 0 Å². The van der Waals surface area contributed by atoms with Gasteiger partial charge in [0.05, 0.1) is 22.8 Å². The number of aryl methyl sites for hydroxylation is 2. The lowest BCUT2D eigenvalue weighted by atomic mass is 9.99. The summed E-state index contributed by atoms with van der Waals surface area (Å²) in [6, 6.07) is 2.39. The number of aromatic nitrogens is 1. The van der Waals surface area contributed by atoms with Gasteiger partial charge in [0.1, 0.15) is 23.7 Å². The predicted molar refractivity (Wildman–Crippen MR) is 107 cm³/mol. The first-order chi connectivity index (χ1) is 13.5. The van der Waals surface area contributed by atoms with E-state index in [1.165, 1.54) is 6.07 Å². The minimum atomic E-state index is -1.26. The van der Waals surface area contributed by atoms with Crippen LogP contribution in [-0.2, 0) is 4.74 Å². The number of alkyl halides is 1. The molecule has 0 aliphatic carbocycles. The number of hydrogen-bond acceptors (Lipinski definition) is 4. The molecule has 1 fully saturated rings. The molecular weight excluding hydrogens is 378 g/mol. The number of anilines is 1. The largest absolute Gasteiger partial charge is 0.444 e. The average molecular weight is 404 g/mol. The zero-order valence-electron chi connectivity index (χ0n) is 17.3. The number of carbonyl (C=O) groups is 1. The Hall–Kier alpha value is -2.82. The standard InChI is InChI=1S/C21H26F2N4O2/c1-11-12(2)25-18-13(9-24)8-15(23)19(17(11)18)27-7-6-14(22)16(10-27)26-20(28)29-21(3,4)5/h8,14,16,25H,6-7,10H2,1-5H3,(H,26,28)/t14-,16-/m0/s1. The van der Waals surface area contributed by atoms with Crippen molar-refractivity contribution in [3.63, 3.8) is 0 Å². The first-order valence-corrected chi connectivity index (χ1v) is 9.62. The second-order valence-corrected chi connectivity index (χ2v) is 8.49. The van der Waals surface area contributed by atoms with Crippen molar-refractivity contribution in [2.45, 2.75) is 58.9 Å². The Labute approximate surface area is 168 Å². The highest BCUT2D eigenvalue weighted by Crippen LogP contribution is 2.37. The van der Waals surface area contributed by atoms with Crippen LogP contribution in [-0.4, -0.2) is 42.0 Å². The lowest BCUT2D eigenvalue weighted by Gasteiger charge is -2.37. The molecule has 0 spiro atoms. The van der Waals surface area contributed by atoms with E-state index in [0.29, 0.717) is 23.1 Å². The molecule has 3 rings (SSSR count). The van der Waals surface area contributed by atoms with E-state index in [0.717, 1.165) is 11.3 Å². The first-order valence-electron chi connectivity index (χ1n) is 9.62. The number of nitrogens with one attached hydrogen (secondary N) is 2. The van der Waals surface area contributed by atoms with Crippen molar-refractivity contribution in [1.29, 1.82) is 5.26 Å². The van der Waals surface area contributed by atoms with Gasteiger partial charge in [-0.1, -0.05) is 0 Å². The molecule has 0 radical (unpaired) electrons. The van der Waals surface area contributed by atoms with Crippen LogP contribution < -0.4 is 10.2 Å². The molecular formula is C21H26F2N4O2. The van der Waals surface area contributed by atoms with Gasteiger partial charge in [-0.15, -0.1) is 0 Å². The Morgan fingerprint density at radius 1 is 1.41 bits per heavy atom. The summed E-state index contributed by atoms with van der Waals surface area (Å²) in [5.41, 5.74) is 2.09. The van der Waals surface area contributed by atoms with Crippen molar-refractivity contribution in [3.8, 4) is 6.07 Å². The molecule has 6 nitrogen and oxygen atoms in total. The molecule has 1 saturated heterocycles. The number of amides is 1. The third-order valence-electron chi connectivity index (χ3n) is 5.17. The fourth-order valence-electron chi connectivity index (χ4n) is 3.72. The maximum atomic E-state index is 15.0.